The Labute approximate surface area is 135 Å². The van der Waals surface area contributed by atoms with E-state index in [1.807, 2.05) is 0 Å². The van der Waals surface area contributed by atoms with Gasteiger partial charge in [0.2, 0.25) is 0 Å². The van der Waals surface area contributed by atoms with Gasteiger partial charge in [0.15, 0.2) is 5.96 Å². The maximum Gasteiger partial charge on any atom is 0.193 e. The number of hydrogen-bond acceptors (Lipinski definition) is 2. The average molecular weight is 307 g/mol. The van der Waals surface area contributed by atoms with Crippen LogP contribution in [0.3, 0.4) is 0 Å². The first-order valence-corrected chi connectivity index (χ1v) is 9.33. The maximum atomic E-state index is 5.65. The van der Waals surface area contributed by atoms with E-state index in [-0.39, 0.29) is 0 Å². The number of guanidine groups is 1. The van der Waals surface area contributed by atoms with Crippen LogP contribution in [0.25, 0.3) is 0 Å². The van der Waals surface area contributed by atoms with Gasteiger partial charge < -0.3 is 15.0 Å². The van der Waals surface area contributed by atoms with Crippen LogP contribution in [-0.2, 0) is 4.74 Å². The Kier molecular flexibility index (Phi) is 5.27. The van der Waals surface area contributed by atoms with Crippen molar-refractivity contribution in [3.8, 4) is 0 Å². The molecule has 0 aromatic rings. The zero-order valence-electron chi connectivity index (χ0n) is 14.4. The summed E-state index contributed by atoms with van der Waals surface area (Å²) in [4.78, 5) is 7.49. The molecule has 0 radical (unpaired) electrons. The van der Waals surface area contributed by atoms with Gasteiger partial charge in [0.05, 0.1) is 6.61 Å². The van der Waals surface area contributed by atoms with E-state index in [4.69, 9.17) is 9.73 Å². The SMILES string of the molecule is CCNC(=NCC1CCCCC1C)N1CCC2(CCOC2)C1. The number of likely N-dealkylation sites (tertiary alicyclic amines) is 1. The molecule has 126 valence electrons. The van der Waals surface area contributed by atoms with E-state index in [9.17, 15) is 0 Å². The molecule has 0 amide bonds. The largest absolute Gasteiger partial charge is 0.381 e. The van der Waals surface area contributed by atoms with Crippen LogP contribution in [-0.4, -0.2) is 50.3 Å². The molecule has 2 saturated heterocycles. The molecule has 1 spiro atoms. The van der Waals surface area contributed by atoms with Crippen molar-refractivity contribution < 1.29 is 4.74 Å². The minimum atomic E-state index is 0.411. The van der Waals surface area contributed by atoms with Crippen LogP contribution < -0.4 is 5.32 Å². The fourth-order valence-electron chi connectivity index (χ4n) is 4.38. The Hall–Kier alpha value is -0.770. The number of hydrogen-bond donors (Lipinski definition) is 1. The van der Waals surface area contributed by atoms with E-state index in [2.05, 4.69) is 24.1 Å². The molecule has 22 heavy (non-hydrogen) atoms. The monoisotopic (exact) mass is 307 g/mol. The lowest BCUT2D eigenvalue weighted by molar-refractivity contribution is 0.156. The molecule has 0 aromatic heterocycles. The lowest BCUT2D eigenvalue weighted by Crippen LogP contribution is -2.42. The molecule has 3 rings (SSSR count). The molecule has 0 bridgehead atoms. The van der Waals surface area contributed by atoms with Crippen molar-refractivity contribution in [2.45, 2.75) is 52.4 Å². The molecule has 4 heteroatoms. The van der Waals surface area contributed by atoms with Gasteiger partial charge >= 0.3 is 0 Å². The van der Waals surface area contributed by atoms with Crippen molar-refractivity contribution in [3.05, 3.63) is 0 Å². The first-order chi connectivity index (χ1) is 10.7. The van der Waals surface area contributed by atoms with Crippen molar-refractivity contribution >= 4 is 5.96 Å². The Morgan fingerprint density at radius 1 is 1.32 bits per heavy atom. The maximum absolute atomic E-state index is 5.65. The first kappa shape index (κ1) is 16.1. The van der Waals surface area contributed by atoms with Gasteiger partial charge in [-0.2, -0.15) is 0 Å². The zero-order chi connectivity index (χ0) is 15.4. The molecule has 2 aliphatic heterocycles. The molecule has 3 atom stereocenters. The first-order valence-electron chi connectivity index (χ1n) is 9.33. The smallest absolute Gasteiger partial charge is 0.193 e. The minimum absolute atomic E-state index is 0.411. The number of nitrogens with one attached hydrogen (secondary N) is 1. The summed E-state index contributed by atoms with van der Waals surface area (Å²) in [5.74, 6) is 2.77. The predicted octanol–water partition coefficient (Wildman–Crippen LogP) is 2.89. The van der Waals surface area contributed by atoms with Gasteiger partial charge in [-0.3, -0.25) is 4.99 Å². The molecular formula is C18H33N3O. The van der Waals surface area contributed by atoms with E-state index in [0.29, 0.717) is 5.41 Å². The third-order valence-corrected chi connectivity index (χ3v) is 6.02. The highest BCUT2D eigenvalue weighted by atomic mass is 16.5. The fourth-order valence-corrected chi connectivity index (χ4v) is 4.38. The highest BCUT2D eigenvalue weighted by Gasteiger charge is 2.42. The summed E-state index contributed by atoms with van der Waals surface area (Å²) in [7, 11) is 0. The van der Waals surface area contributed by atoms with Gasteiger partial charge in [-0.15, -0.1) is 0 Å². The van der Waals surface area contributed by atoms with E-state index in [0.717, 1.165) is 57.2 Å². The summed E-state index contributed by atoms with van der Waals surface area (Å²) in [6.07, 6.45) is 8.05. The average Bonchev–Trinajstić information content (AvgIpc) is 3.16. The molecule has 1 aliphatic carbocycles. The molecule has 1 saturated carbocycles. The molecular weight excluding hydrogens is 274 g/mol. The Balaban J connectivity index is 1.60. The lowest BCUT2D eigenvalue weighted by atomic mass is 9.80. The minimum Gasteiger partial charge on any atom is -0.381 e. The summed E-state index contributed by atoms with van der Waals surface area (Å²) in [6, 6.07) is 0. The summed E-state index contributed by atoms with van der Waals surface area (Å²) >= 11 is 0. The molecule has 0 aromatic carbocycles. The lowest BCUT2D eigenvalue weighted by Gasteiger charge is -2.29. The van der Waals surface area contributed by atoms with Crippen LogP contribution in [0.4, 0.5) is 0 Å². The summed E-state index contributed by atoms with van der Waals surface area (Å²) in [6.45, 7) is 10.7. The van der Waals surface area contributed by atoms with Gasteiger partial charge in [-0.05, 0) is 38.0 Å². The van der Waals surface area contributed by atoms with Crippen molar-refractivity contribution in [3.63, 3.8) is 0 Å². The Morgan fingerprint density at radius 2 is 2.18 bits per heavy atom. The fraction of sp³-hybridized carbons (Fsp3) is 0.944. The topological polar surface area (TPSA) is 36.9 Å². The third-order valence-electron chi connectivity index (χ3n) is 6.02. The molecule has 3 fully saturated rings. The molecule has 3 aliphatic rings. The second-order valence-electron chi connectivity index (χ2n) is 7.69. The van der Waals surface area contributed by atoms with Crippen LogP contribution in [0.5, 0.6) is 0 Å². The van der Waals surface area contributed by atoms with Crippen molar-refractivity contribution in [2.75, 3.05) is 39.4 Å². The summed E-state index contributed by atoms with van der Waals surface area (Å²) < 4.78 is 5.65. The normalized spacial score (nSPS) is 36.3. The van der Waals surface area contributed by atoms with Crippen LogP contribution in [0.2, 0.25) is 0 Å². The van der Waals surface area contributed by atoms with E-state index in [1.165, 1.54) is 38.5 Å². The Morgan fingerprint density at radius 3 is 2.91 bits per heavy atom. The van der Waals surface area contributed by atoms with Gasteiger partial charge in [0, 0.05) is 38.2 Å². The number of ether oxygens (including phenoxy) is 1. The number of aliphatic imine (C=N–C) groups is 1. The quantitative estimate of drug-likeness (QED) is 0.643. The van der Waals surface area contributed by atoms with E-state index >= 15 is 0 Å². The van der Waals surface area contributed by atoms with Crippen LogP contribution in [0.15, 0.2) is 4.99 Å². The molecule has 3 unspecified atom stereocenters. The second-order valence-corrected chi connectivity index (χ2v) is 7.69. The van der Waals surface area contributed by atoms with Crippen LogP contribution >= 0.6 is 0 Å². The van der Waals surface area contributed by atoms with Crippen molar-refractivity contribution in [1.29, 1.82) is 0 Å². The molecule has 2 heterocycles. The van der Waals surface area contributed by atoms with Crippen molar-refractivity contribution in [1.82, 2.24) is 10.2 Å². The predicted molar refractivity (Wildman–Crippen MR) is 91.2 cm³/mol. The van der Waals surface area contributed by atoms with Gasteiger partial charge in [0.1, 0.15) is 0 Å². The van der Waals surface area contributed by atoms with Crippen molar-refractivity contribution in [2.24, 2.45) is 22.2 Å². The standard InChI is InChI=1S/C18H33N3O/c1-3-19-17(20-12-16-7-5-4-6-15(16)2)21-10-8-18(13-21)9-11-22-14-18/h15-16H,3-14H2,1-2H3,(H,19,20). The summed E-state index contributed by atoms with van der Waals surface area (Å²) in [5.41, 5.74) is 0.411. The molecule has 4 nitrogen and oxygen atoms in total. The van der Waals surface area contributed by atoms with E-state index < -0.39 is 0 Å². The third kappa shape index (κ3) is 3.58. The molecule has 1 N–H and O–H groups in total. The highest BCUT2D eigenvalue weighted by Crippen LogP contribution is 2.38. The number of rotatable bonds is 3. The van der Waals surface area contributed by atoms with Gasteiger partial charge in [-0.1, -0.05) is 26.2 Å². The van der Waals surface area contributed by atoms with Crippen LogP contribution in [0, 0.1) is 17.3 Å². The Bertz CT molecular complexity index is 390. The van der Waals surface area contributed by atoms with Crippen LogP contribution in [0.1, 0.15) is 52.4 Å². The second kappa shape index (κ2) is 7.20. The summed E-state index contributed by atoms with van der Waals surface area (Å²) in [5, 5.41) is 3.52. The van der Waals surface area contributed by atoms with E-state index in [1.54, 1.807) is 0 Å². The highest BCUT2D eigenvalue weighted by molar-refractivity contribution is 5.80. The van der Waals surface area contributed by atoms with Gasteiger partial charge in [-0.25, -0.2) is 0 Å². The zero-order valence-corrected chi connectivity index (χ0v) is 14.4. The van der Waals surface area contributed by atoms with Gasteiger partial charge in [0.25, 0.3) is 0 Å². The number of nitrogens with zero attached hydrogens (tertiary/aromatic N) is 2.